The van der Waals surface area contributed by atoms with Crippen molar-refractivity contribution in [1.29, 1.82) is 0 Å². The van der Waals surface area contributed by atoms with Gasteiger partial charge in [-0.25, -0.2) is 0 Å². The van der Waals surface area contributed by atoms with Crippen molar-refractivity contribution in [2.75, 3.05) is 13.1 Å². The van der Waals surface area contributed by atoms with Crippen molar-refractivity contribution < 1.29 is 32.8 Å². The molecule has 0 atom stereocenters. The second kappa shape index (κ2) is 11.4. The van der Waals surface area contributed by atoms with Gasteiger partial charge in [-0.05, 0) is 17.5 Å². The maximum absolute atomic E-state index is 11.4. The summed E-state index contributed by atoms with van der Waals surface area (Å²) in [5.41, 5.74) is 1.20. The first kappa shape index (κ1) is 20.9. The zero-order valence-corrected chi connectivity index (χ0v) is 13.3. The van der Waals surface area contributed by atoms with Crippen molar-refractivity contribution >= 4 is 12.4 Å². The predicted molar refractivity (Wildman–Crippen MR) is 84.9 cm³/mol. The van der Waals surface area contributed by atoms with Crippen molar-refractivity contribution in [1.82, 2.24) is 0 Å². The van der Waals surface area contributed by atoms with Gasteiger partial charge >= 0.3 is 17.1 Å². The molecule has 125 valence electrons. The van der Waals surface area contributed by atoms with Gasteiger partial charge in [-0.1, -0.05) is 48.5 Å². The first-order chi connectivity index (χ1) is 10.3. The summed E-state index contributed by atoms with van der Waals surface area (Å²) in [6.45, 7) is 1.20. The molecule has 0 unspecified atom stereocenters. The van der Waals surface area contributed by atoms with Crippen LogP contribution in [0.25, 0.3) is 0 Å². The monoisotopic (exact) mass is 361 g/mol. The van der Waals surface area contributed by atoms with Crippen LogP contribution in [0.5, 0.6) is 11.5 Å². The number of hydrogen-bond donors (Lipinski definition) is 0. The summed E-state index contributed by atoms with van der Waals surface area (Å²) in [6, 6.07) is 13.6. The van der Waals surface area contributed by atoms with Gasteiger partial charge in [0.25, 0.3) is 0 Å². The van der Waals surface area contributed by atoms with E-state index in [1.165, 1.54) is 12.1 Å². The van der Waals surface area contributed by atoms with Gasteiger partial charge in [0.15, 0.2) is 0 Å². The maximum Gasteiger partial charge on any atom is 2.00 e. The van der Waals surface area contributed by atoms with E-state index in [1.807, 2.05) is 12.1 Å². The zero-order valence-electron chi connectivity index (χ0n) is 12.4. The van der Waals surface area contributed by atoms with E-state index in [2.05, 4.69) is 9.98 Å². The van der Waals surface area contributed by atoms with Crippen LogP contribution >= 0.6 is 0 Å². The third-order valence-electron chi connectivity index (χ3n) is 2.87. The van der Waals surface area contributed by atoms with Crippen LogP contribution < -0.4 is 10.2 Å². The van der Waals surface area contributed by atoms with Gasteiger partial charge in [0.1, 0.15) is 0 Å². The Bertz CT molecular complexity index is 590. The quantitative estimate of drug-likeness (QED) is 0.434. The molecule has 0 aliphatic heterocycles. The Balaban J connectivity index is 0.00000242. The summed E-state index contributed by atoms with van der Waals surface area (Å²) < 4.78 is 0. The Morgan fingerprint density at radius 3 is 1.52 bits per heavy atom. The van der Waals surface area contributed by atoms with E-state index >= 15 is 0 Å². The number of aliphatic imine (C=N–C) groups is 2. The molecule has 5 nitrogen and oxygen atoms in total. The molecular formula is C17H18CuN2O3. The van der Waals surface area contributed by atoms with Crippen LogP contribution in [0.1, 0.15) is 17.5 Å². The van der Waals surface area contributed by atoms with E-state index in [0.29, 0.717) is 24.2 Å². The smallest absolute Gasteiger partial charge is 0.872 e. The van der Waals surface area contributed by atoms with Crippen LogP contribution in [-0.4, -0.2) is 31.0 Å². The number of hydrogen-bond acceptors (Lipinski definition) is 4. The van der Waals surface area contributed by atoms with Crippen molar-refractivity contribution in [3.63, 3.8) is 0 Å². The standard InChI is InChI=1S/C17H18N2O2.Cu.H2O/c20-16-8-3-1-6-14(16)12-18-10-5-11-19-13-15-7-2-4-9-17(15)21;;/h1-4,6-9,12-13,20-21H,5,10-11H2;;1H2/q;+2;/p-2. The van der Waals surface area contributed by atoms with Crippen LogP contribution in [0.4, 0.5) is 0 Å². The molecule has 0 saturated carbocycles. The first-order valence-electron chi connectivity index (χ1n) is 6.79. The van der Waals surface area contributed by atoms with Crippen LogP contribution in [0, 0.1) is 0 Å². The van der Waals surface area contributed by atoms with Gasteiger partial charge in [-0.2, -0.15) is 0 Å². The van der Waals surface area contributed by atoms with Gasteiger partial charge in [-0.15, -0.1) is 11.5 Å². The fraction of sp³-hybridized carbons (Fsp3) is 0.176. The molecular weight excluding hydrogens is 344 g/mol. The van der Waals surface area contributed by atoms with Crippen molar-refractivity contribution in [2.24, 2.45) is 9.98 Å². The second-order valence-electron chi connectivity index (χ2n) is 4.50. The van der Waals surface area contributed by atoms with E-state index < -0.39 is 0 Å². The van der Waals surface area contributed by atoms with E-state index in [9.17, 15) is 10.2 Å². The Kier molecular flexibility index (Phi) is 10.4. The summed E-state index contributed by atoms with van der Waals surface area (Å²) in [7, 11) is 0. The third-order valence-corrected chi connectivity index (χ3v) is 2.87. The molecule has 0 bridgehead atoms. The maximum atomic E-state index is 11.4. The van der Waals surface area contributed by atoms with Gasteiger partial charge < -0.3 is 15.7 Å². The summed E-state index contributed by atoms with van der Waals surface area (Å²) >= 11 is 0. The molecule has 23 heavy (non-hydrogen) atoms. The SMILES string of the molecule is O.[Cu+2].[O-]c1ccccc1C=NCCCN=Cc1ccccc1[O-]. The largest absolute Gasteiger partial charge is 2.00 e. The van der Waals surface area contributed by atoms with E-state index in [0.717, 1.165) is 6.42 Å². The van der Waals surface area contributed by atoms with E-state index in [4.69, 9.17) is 0 Å². The molecule has 2 aromatic rings. The van der Waals surface area contributed by atoms with Crippen molar-refractivity contribution in [3.8, 4) is 11.5 Å². The number of nitrogens with zero attached hydrogens (tertiary/aromatic N) is 2. The Labute approximate surface area is 146 Å². The minimum Gasteiger partial charge on any atom is -0.872 e. The molecule has 0 aromatic heterocycles. The number of para-hydroxylation sites is 2. The molecule has 2 aromatic carbocycles. The molecule has 0 fully saturated rings. The predicted octanol–water partition coefficient (Wildman–Crippen LogP) is 0.935. The summed E-state index contributed by atoms with van der Waals surface area (Å²) in [5, 5.41) is 22.9. The van der Waals surface area contributed by atoms with Gasteiger partial charge in [-0.3, -0.25) is 9.98 Å². The molecule has 2 N–H and O–H groups in total. The minimum absolute atomic E-state index is 0. The van der Waals surface area contributed by atoms with Gasteiger partial charge in [0, 0.05) is 25.5 Å². The molecule has 0 heterocycles. The Morgan fingerprint density at radius 1 is 0.739 bits per heavy atom. The fourth-order valence-electron chi connectivity index (χ4n) is 1.75. The molecule has 2 rings (SSSR count). The van der Waals surface area contributed by atoms with Crippen molar-refractivity contribution in [2.45, 2.75) is 6.42 Å². The Hall–Kier alpha value is -2.14. The topological polar surface area (TPSA) is 102 Å². The van der Waals surface area contributed by atoms with Gasteiger partial charge in [0.05, 0.1) is 0 Å². The zero-order chi connectivity index (χ0) is 14.9. The fourth-order valence-corrected chi connectivity index (χ4v) is 1.75. The second-order valence-corrected chi connectivity index (χ2v) is 4.50. The molecule has 0 aliphatic carbocycles. The van der Waals surface area contributed by atoms with Crippen LogP contribution in [-0.2, 0) is 17.1 Å². The normalized spacial score (nSPS) is 10.4. The molecule has 0 spiro atoms. The van der Waals surface area contributed by atoms with Gasteiger partial charge in [0.2, 0.25) is 0 Å². The molecule has 0 saturated heterocycles. The van der Waals surface area contributed by atoms with Crippen LogP contribution in [0.15, 0.2) is 58.5 Å². The van der Waals surface area contributed by atoms with E-state index in [1.54, 1.807) is 36.7 Å². The molecule has 0 aliphatic rings. The number of rotatable bonds is 6. The molecule has 6 heteroatoms. The Morgan fingerprint density at radius 2 is 1.13 bits per heavy atom. The molecule has 1 radical (unpaired) electrons. The van der Waals surface area contributed by atoms with Crippen molar-refractivity contribution in [3.05, 3.63) is 59.7 Å². The average Bonchev–Trinajstić information content (AvgIpc) is 2.50. The summed E-state index contributed by atoms with van der Waals surface area (Å²) in [5.74, 6) is -0.0438. The number of benzene rings is 2. The first-order valence-corrected chi connectivity index (χ1v) is 6.79. The molecule has 0 amide bonds. The summed E-state index contributed by atoms with van der Waals surface area (Å²) in [4.78, 5) is 8.41. The van der Waals surface area contributed by atoms with Crippen LogP contribution in [0.3, 0.4) is 0 Å². The average molecular weight is 362 g/mol. The minimum atomic E-state index is -0.0219. The third kappa shape index (κ3) is 7.10. The summed E-state index contributed by atoms with van der Waals surface area (Å²) in [6.07, 6.45) is 3.97. The van der Waals surface area contributed by atoms with E-state index in [-0.39, 0.29) is 34.0 Å². The van der Waals surface area contributed by atoms with Crippen LogP contribution in [0.2, 0.25) is 0 Å².